The van der Waals surface area contributed by atoms with E-state index in [1.807, 2.05) is 0 Å². The largest absolute Gasteiger partial charge is 0.416 e. The quantitative estimate of drug-likeness (QED) is 0.608. The predicted molar refractivity (Wildman–Crippen MR) is 83.4 cm³/mol. The summed E-state index contributed by atoms with van der Waals surface area (Å²) in [5, 5.41) is 11.2. The summed E-state index contributed by atoms with van der Waals surface area (Å²) in [5.74, 6) is -0.191. The fourth-order valence-corrected chi connectivity index (χ4v) is 2.64. The van der Waals surface area contributed by atoms with Gasteiger partial charge >= 0.3 is 6.18 Å². The average Bonchev–Trinajstić information content (AvgIpc) is 2.59. The van der Waals surface area contributed by atoms with Gasteiger partial charge in [0.05, 0.1) is 10.5 Å². The van der Waals surface area contributed by atoms with E-state index in [4.69, 9.17) is 4.74 Å². The predicted octanol–water partition coefficient (Wildman–Crippen LogP) is 2.30. The zero-order valence-corrected chi connectivity index (χ0v) is 13.7. The van der Waals surface area contributed by atoms with E-state index in [9.17, 15) is 28.1 Å². The van der Waals surface area contributed by atoms with Crippen molar-refractivity contribution in [3.05, 3.63) is 33.9 Å². The van der Waals surface area contributed by atoms with Crippen LogP contribution in [0.1, 0.15) is 12.5 Å². The van der Waals surface area contributed by atoms with E-state index in [-0.39, 0.29) is 24.7 Å². The summed E-state index contributed by atoms with van der Waals surface area (Å²) in [6, 6.07) is 2.48. The lowest BCUT2D eigenvalue weighted by atomic mass is 10.1. The molecule has 1 aromatic rings. The lowest BCUT2D eigenvalue weighted by Gasteiger charge is -2.36. The van der Waals surface area contributed by atoms with Crippen LogP contribution in [0.4, 0.5) is 24.5 Å². The summed E-state index contributed by atoms with van der Waals surface area (Å²) in [5.41, 5.74) is -1.55. The van der Waals surface area contributed by atoms with Crippen molar-refractivity contribution < 1.29 is 27.6 Å². The summed E-state index contributed by atoms with van der Waals surface area (Å²) in [6.07, 6.45) is -5.24. The van der Waals surface area contributed by atoms with Crippen LogP contribution in [-0.4, -0.2) is 55.1 Å². The number of piperazine rings is 1. The summed E-state index contributed by atoms with van der Waals surface area (Å²) in [7, 11) is 1.42. The van der Waals surface area contributed by atoms with Gasteiger partial charge in [0.15, 0.2) is 0 Å². The highest BCUT2D eigenvalue weighted by atomic mass is 19.4. The molecule has 25 heavy (non-hydrogen) atoms. The molecule has 0 spiro atoms. The van der Waals surface area contributed by atoms with Crippen molar-refractivity contribution in [2.75, 3.05) is 38.2 Å². The third kappa shape index (κ3) is 4.19. The molecule has 1 atom stereocenters. The maximum atomic E-state index is 12.8. The number of nitro benzene ring substituents is 1. The molecule has 1 amide bonds. The molecule has 1 fully saturated rings. The Balaban J connectivity index is 2.18. The maximum Gasteiger partial charge on any atom is 0.416 e. The van der Waals surface area contributed by atoms with Gasteiger partial charge in [-0.3, -0.25) is 14.9 Å². The van der Waals surface area contributed by atoms with E-state index in [1.54, 1.807) is 16.7 Å². The molecule has 0 bridgehead atoms. The number of amides is 1. The average molecular weight is 361 g/mol. The van der Waals surface area contributed by atoms with E-state index >= 15 is 0 Å². The molecule has 1 aliphatic heterocycles. The van der Waals surface area contributed by atoms with Crippen molar-refractivity contribution in [1.29, 1.82) is 0 Å². The zero-order valence-electron chi connectivity index (χ0n) is 13.7. The Morgan fingerprint density at radius 2 is 1.88 bits per heavy atom. The Hall–Kier alpha value is -2.36. The smallest absolute Gasteiger partial charge is 0.372 e. The molecule has 1 saturated heterocycles. The summed E-state index contributed by atoms with van der Waals surface area (Å²) < 4.78 is 43.3. The van der Waals surface area contributed by atoms with Crippen LogP contribution in [-0.2, 0) is 15.7 Å². The molecule has 1 aliphatic rings. The fourth-order valence-electron chi connectivity index (χ4n) is 2.64. The van der Waals surface area contributed by atoms with Crippen LogP contribution >= 0.6 is 0 Å². The second-order valence-electron chi connectivity index (χ2n) is 5.65. The van der Waals surface area contributed by atoms with Crippen molar-refractivity contribution in [3.8, 4) is 0 Å². The zero-order chi connectivity index (χ0) is 18.8. The number of rotatable bonds is 4. The van der Waals surface area contributed by atoms with E-state index in [0.29, 0.717) is 19.2 Å². The normalized spacial score (nSPS) is 16.7. The van der Waals surface area contributed by atoms with Gasteiger partial charge in [-0.05, 0) is 19.1 Å². The topological polar surface area (TPSA) is 75.9 Å². The second kappa shape index (κ2) is 7.26. The van der Waals surface area contributed by atoms with Gasteiger partial charge in [-0.15, -0.1) is 0 Å². The minimum Gasteiger partial charge on any atom is -0.372 e. The Morgan fingerprint density at radius 3 is 2.36 bits per heavy atom. The molecule has 0 saturated carbocycles. The number of nitro groups is 1. The second-order valence-corrected chi connectivity index (χ2v) is 5.65. The molecular formula is C15H18F3N3O4. The highest BCUT2D eigenvalue weighted by Crippen LogP contribution is 2.36. The molecule has 0 radical (unpaired) electrons. The number of hydrogen-bond acceptors (Lipinski definition) is 5. The van der Waals surface area contributed by atoms with Gasteiger partial charge < -0.3 is 14.5 Å². The first kappa shape index (κ1) is 19.0. The standard InChI is InChI=1S/C15H18F3N3O4/c1-10(25-2)14(22)20-7-5-19(6-8-20)12-4-3-11(15(16,17)18)9-13(12)21(23)24/h3-4,9-10H,5-8H2,1-2H3/t10-/m0/s1. The molecule has 0 N–H and O–H groups in total. The van der Waals surface area contributed by atoms with Crippen molar-refractivity contribution in [3.63, 3.8) is 0 Å². The first-order valence-electron chi connectivity index (χ1n) is 7.57. The van der Waals surface area contributed by atoms with Crippen LogP contribution in [0.5, 0.6) is 0 Å². The third-order valence-corrected chi connectivity index (χ3v) is 4.13. The van der Waals surface area contributed by atoms with Gasteiger partial charge in [-0.25, -0.2) is 0 Å². The lowest BCUT2D eigenvalue weighted by molar-refractivity contribution is -0.384. The van der Waals surface area contributed by atoms with Crippen LogP contribution in [0.15, 0.2) is 18.2 Å². The third-order valence-electron chi connectivity index (χ3n) is 4.13. The van der Waals surface area contributed by atoms with Crippen molar-refractivity contribution in [2.24, 2.45) is 0 Å². The van der Waals surface area contributed by atoms with Gasteiger partial charge in [-0.1, -0.05) is 0 Å². The summed E-state index contributed by atoms with van der Waals surface area (Å²) >= 11 is 0. The first-order valence-corrected chi connectivity index (χ1v) is 7.57. The molecule has 138 valence electrons. The molecular weight excluding hydrogens is 343 g/mol. The molecule has 1 heterocycles. The number of halogens is 3. The van der Waals surface area contributed by atoms with E-state index < -0.39 is 28.5 Å². The molecule has 10 heteroatoms. The van der Waals surface area contributed by atoms with Gasteiger partial charge in [0.25, 0.3) is 11.6 Å². The maximum absolute atomic E-state index is 12.8. The molecule has 0 unspecified atom stereocenters. The van der Waals surface area contributed by atoms with Crippen molar-refractivity contribution >= 4 is 17.3 Å². The number of ether oxygens (including phenoxy) is 1. The fraction of sp³-hybridized carbons (Fsp3) is 0.533. The van der Waals surface area contributed by atoms with E-state index in [2.05, 4.69) is 0 Å². The molecule has 2 rings (SSSR count). The van der Waals surface area contributed by atoms with Crippen molar-refractivity contribution in [1.82, 2.24) is 4.90 Å². The number of carbonyl (C=O) groups is 1. The highest BCUT2D eigenvalue weighted by Gasteiger charge is 2.34. The number of alkyl halides is 3. The number of hydrogen-bond donors (Lipinski definition) is 0. The van der Waals surface area contributed by atoms with Crippen LogP contribution < -0.4 is 4.90 Å². The molecule has 1 aromatic carbocycles. The van der Waals surface area contributed by atoms with Crippen LogP contribution in [0.2, 0.25) is 0 Å². The van der Waals surface area contributed by atoms with Crippen molar-refractivity contribution in [2.45, 2.75) is 19.2 Å². The Labute approximate surface area is 142 Å². The van der Waals surface area contributed by atoms with Gasteiger partial charge in [0.2, 0.25) is 0 Å². The lowest BCUT2D eigenvalue weighted by Crippen LogP contribution is -2.51. The van der Waals surface area contributed by atoms with Gasteiger partial charge in [0.1, 0.15) is 11.8 Å². The minimum atomic E-state index is -4.65. The number of methoxy groups -OCH3 is 1. The Bertz CT molecular complexity index is 658. The Morgan fingerprint density at radius 1 is 1.28 bits per heavy atom. The number of carbonyl (C=O) groups excluding carboxylic acids is 1. The summed E-state index contributed by atoms with van der Waals surface area (Å²) in [4.78, 5) is 25.6. The van der Waals surface area contributed by atoms with E-state index in [1.165, 1.54) is 7.11 Å². The monoisotopic (exact) mass is 361 g/mol. The number of nitrogens with zero attached hydrogens (tertiary/aromatic N) is 3. The van der Waals surface area contributed by atoms with E-state index in [0.717, 1.165) is 12.1 Å². The van der Waals surface area contributed by atoms with Crippen LogP contribution in [0.3, 0.4) is 0 Å². The Kier molecular flexibility index (Phi) is 5.51. The number of benzene rings is 1. The molecule has 0 aliphatic carbocycles. The first-order chi connectivity index (χ1) is 11.6. The SMILES string of the molecule is CO[C@@H](C)C(=O)N1CCN(c2ccc(C(F)(F)F)cc2[N+](=O)[O-])CC1. The molecule has 0 aromatic heterocycles. The van der Waals surface area contributed by atoms with Crippen LogP contribution in [0, 0.1) is 10.1 Å². The van der Waals surface area contributed by atoms with Crippen LogP contribution in [0.25, 0.3) is 0 Å². The summed E-state index contributed by atoms with van der Waals surface area (Å²) in [6.45, 7) is 2.81. The highest BCUT2D eigenvalue weighted by molar-refractivity contribution is 5.81. The molecule has 7 nitrogen and oxygen atoms in total. The van der Waals surface area contributed by atoms with Gasteiger partial charge in [-0.2, -0.15) is 13.2 Å². The number of anilines is 1. The minimum absolute atomic E-state index is 0.116. The van der Waals surface area contributed by atoms with Gasteiger partial charge in [0, 0.05) is 39.4 Å².